The van der Waals surface area contributed by atoms with Crippen molar-refractivity contribution in [2.75, 3.05) is 18.1 Å². The Morgan fingerprint density at radius 2 is 1.56 bits per heavy atom. The second kappa shape index (κ2) is 7.97. The highest BCUT2D eigenvalue weighted by Gasteiger charge is 2.18. The quantitative estimate of drug-likeness (QED) is 0.767. The minimum Gasteiger partial charge on any atom is -0.452 e. The van der Waals surface area contributed by atoms with Gasteiger partial charge in [-0.15, -0.1) is 0 Å². The number of ether oxygens (including phenoxy) is 1. The van der Waals surface area contributed by atoms with E-state index in [4.69, 9.17) is 4.74 Å². The molecule has 0 spiro atoms. The molecule has 1 amide bonds. The van der Waals surface area contributed by atoms with Crippen molar-refractivity contribution in [3.63, 3.8) is 0 Å². The summed E-state index contributed by atoms with van der Waals surface area (Å²) in [4.78, 5) is 26.1. The third-order valence-corrected chi connectivity index (χ3v) is 4.00. The molecule has 0 aliphatic carbocycles. The fraction of sp³-hybridized carbons (Fsp3) is 0.333. The van der Waals surface area contributed by atoms with E-state index in [1.165, 1.54) is 0 Å². The first-order chi connectivity index (χ1) is 11.8. The molecule has 0 radical (unpaired) electrons. The van der Waals surface area contributed by atoms with Crippen LogP contribution >= 0.6 is 0 Å². The SMILES string of the molecule is CCN(C(=O)COC(=O)c1ccc(C(C)(C)C)cc1)c1ccccc1. The summed E-state index contributed by atoms with van der Waals surface area (Å²) in [6.45, 7) is 8.47. The lowest BCUT2D eigenvalue weighted by Gasteiger charge is -2.21. The second-order valence-corrected chi connectivity index (χ2v) is 6.88. The minimum absolute atomic E-state index is 0.0235. The van der Waals surface area contributed by atoms with Gasteiger partial charge in [0, 0.05) is 12.2 Å². The predicted molar refractivity (Wildman–Crippen MR) is 99.9 cm³/mol. The average molecular weight is 339 g/mol. The van der Waals surface area contributed by atoms with Crippen LogP contribution in [0.4, 0.5) is 5.69 Å². The Labute approximate surface area is 149 Å². The van der Waals surface area contributed by atoms with Crippen molar-refractivity contribution in [1.29, 1.82) is 0 Å². The van der Waals surface area contributed by atoms with E-state index in [0.717, 1.165) is 11.3 Å². The first-order valence-corrected chi connectivity index (χ1v) is 8.46. The molecule has 0 aromatic heterocycles. The molecule has 4 nitrogen and oxygen atoms in total. The van der Waals surface area contributed by atoms with Gasteiger partial charge in [-0.2, -0.15) is 0 Å². The van der Waals surface area contributed by atoms with E-state index < -0.39 is 5.97 Å². The molecule has 0 unspecified atom stereocenters. The van der Waals surface area contributed by atoms with Crippen molar-refractivity contribution in [1.82, 2.24) is 0 Å². The number of esters is 1. The summed E-state index contributed by atoms with van der Waals surface area (Å²) >= 11 is 0. The van der Waals surface area contributed by atoms with Crippen LogP contribution < -0.4 is 4.90 Å². The second-order valence-electron chi connectivity index (χ2n) is 6.88. The summed E-state index contributed by atoms with van der Waals surface area (Å²) in [5, 5.41) is 0. The van der Waals surface area contributed by atoms with E-state index >= 15 is 0 Å². The molecule has 0 bridgehead atoms. The number of likely N-dealkylation sites (N-methyl/N-ethyl adjacent to an activating group) is 1. The van der Waals surface area contributed by atoms with Crippen molar-refractivity contribution in [2.24, 2.45) is 0 Å². The van der Waals surface area contributed by atoms with E-state index in [0.29, 0.717) is 12.1 Å². The largest absolute Gasteiger partial charge is 0.452 e. The summed E-state index contributed by atoms with van der Waals surface area (Å²) in [6.07, 6.45) is 0. The zero-order chi connectivity index (χ0) is 18.4. The van der Waals surface area contributed by atoms with E-state index in [2.05, 4.69) is 20.8 Å². The third kappa shape index (κ3) is 4.92. The van der Waals surface area contributed by atoms with Crippen LogP contribution in [-0.4, -0.2) is 25.0 Å². The maximum Gasteiger partial charge on any atom is 0.338 e. The fourth-order valence-corrected chi connectivity index (χ4v) is 2.51. The van der Waals surface area contributed by atoms with Gasteiger partial charge >= 0.3 is 5.97 Å². The Balaban J connectivity index is 1.98. The van der Waals surface area contributed by atoms with Gasteiger partial charge in [0.15, 0.2) is 6.61 Å². The molecular formula is C21H25NO3. The number of benzene rings is 2. The van der Waals surface area contributed by atoms with Gasteiger partial charge in [-0.1, -0.05) is 51.1 Å². The molecule has 0 N–H and O–H groups in total. The molecular weight excluding hydrogens is 314 g/mol. The van der Waals surface area contributed by atoms with Gasteiger partial charge in [0.1, 0.15) is 0 Å². The van der Waals surface area contributed by atoms with Gasteiger partial charge in [-0.3, -0.25) is 4.79 Å². The van der Waals surface area contributed by atoms with Gasteiger partial charge in [-0.05, 0) is 42.2 Å². The Bertz CT molecular complexity index is 715. The summed E-state index contributed by atoms with van der Waals surface area (Å²) in [5.74, 6) is -0.730. The van der Waals surface area contributed by atoms with Crippen LogP contribution in [-0.2, 0) is 14.9 Å². The highest BCUT2D eigenvalue weighted by atomic mass is 16.5. The van der Waals surface area contributed by atoms with Crippen LogP contribution in [0, 0.1) is 0 Å². The third-order valence-electron chi connectivity index (χ3n) is 4.00. The van der Waals surface area contributed by atoms with Crippen molar-refractivity contribution < 1.29 is 14.3 Å². The smallest absolute Gasteiger partial charge is 0.338 e. The van der Waals surface area contributed by atoms with Crippen LogP contribution in [0.2, 0.25) is 0 Å². The summed E-state index contributed by atoms with van der Waals surface area (Å²) in [7, 11) is 0. The lowest BCUT2D eigenvalue weighted by Crippen LogP contribution is -2.34. The predicted octanol–water partition coefficient (Wildman–Crippen LogP) is 4.19. The number of hydrogen-bond donors (Lipinski definition) is 0. The van der Waals surface area contributed by atoms with Crippen LogP contribution in [0.1, 0.15) is 43.6 Å². The highest BCUT2D eigenvalue weighted by Crippen LogP contribution is 2.22. The van der Waals surface area contributed by atoms with Gasteiger partial charge in [0.25, 0.3) is 5.91 Å². The Hall–Kier alpha value is -2.62. The monoisotopic (exact) mass is 339 g/mol. The number of amides is 1. The zero-order valence-electron chi connectivity index (χ0n) is 15.3. The normalized spacial score (nSPS) is 11.0. The molecule has 0 saturated heterocycles. The number of carbonyl (C=O) groups excluding carboxylic acids is 2. The number of para-hydroxylation sites is 1. The Morgan fingerprint density at radius 3 is 2.08 bits per heavy atom. The number of carbonyl (C=O) groups is 2. The molecule has 25 heavy (non-hydrogen) atoms. The maximum absolute atomic E-state index is 12.3. The highest BCUT2D eigenvalue weighted by molar-refractivity contribution is 5.97. The molecule has 0 fully saturated rings. The lowest BCUT2D eigenvalue weighted by atomic mass is 9.87. The number of nitrogens with zero attached hydrogens (tertiary/aromatic N) is 1. The van der Waals surface area contributed by atoms with Crippen LogP contribution in [0.5, 0.6) is 0 Å². The fourth-order valence-electron chi connectivity index (χ4n) is 2.51. The zero-order valence-corrected chi connectivity index (χ0v) is 15.3. The first-order valence-electron chi connectivity index (χ1n) is 8.46. The standard InChI is InChI=1S/C21H25NO3/c1-5-22(18-9-7-6-8-10-18)19(23)15-25-20(24)16-11-13-17(14-12-16)21(2,3)4/h6-14H,5,15H2,1-4H3. The van der Waals surface area contributed by atoms with E-state index in [-0.39, 0.29) is 17.9 Å². The van der Waals surface area contributed by atoms with Gasteiger partial charge in [0.05, 0.1) is 5.56 Å². The summed E-state index contributed by atoms with van der Waals surface area (Å²) in [5.41, 5.74) is 2.40. The topological polar surface area (TPSA) is 46.6 Å². The Kier molecular flexibility index (Phi) is 5.97. The van der Waals surface area contributed by atoms with Crippen LogP contribution in [0.15, 0.2) is 54.6 Å². The molecule has 0 aliphatic heterocycles. The van der Waals surface area contributed by atoms with Crippen molar-refractivity contribution in [3.8, 4) is 0 Å². The van der Waals surface area contributed by atoms with Crippen molar-refractivity contribution in [3.05, 3.63) is 65.7 Å². The molecule has 0 atom stereocenters. The molecule has 4 heteroatoms. The number of rotatable bonds is 5. The van der Waals surface area contributed by atoms with E-state index in [1.807, 2.05) is 49.4 Å². The lowest BCUT2D eigenvalue weighted by molar-refractivity contribution is -0.121. The molecule has 0 saturated carbocycles. The van der Waals surface area contributed by atoms with Gasteiger partial charge in [0.2, 0.25) is 0 Å². The average Bonchev–Trinajstić information content (AvgIpc) is 2.60. The van der Waals surface area contributed by atoms with E-state index in [9.17, 15) is 9.59 Å². The molecule has 2 aromatic carbocycles. The van der Waals surface area contributed by atoms with Crippen LogP contribution in [0.3, 0.4) is 0 Å². The van der Waals surface area contributed by atoms with Crippen LogP contribution in [0.25, 0.3) is 0 Å². The number of hydrogen-bond acceptors (Lipinski definition) is 3. The minimum atomic E-state index is -0.488. The summed E-state index contributed by atoms with van der Waals surface area (Å²) < 4.78 is 5.19. The first kappa shape index (κ1) is 18.7. The molecule has 2 aromatic rings. The van der Waals surface area contributed by atoms with Gasteiger partial charge < -0.3 is 9.64 Å². The summed E-state index contributed by atoms with van der Waals surface area (Å²) in [6, 6.07) is 16.7. The molecule has 0 aliphatic rings. The van der Waals surface area contributed by atoms with E-state index in [1.54, 1.807) is 17.0 Å². The van der Waals surface area contributed by atoms with Crippen molar-refractivity contribution in [2.45, 2.75) is 33.1 Å². The van der Waals surface area contributed by atoms with Crippen molar-refractivity contribution >= 4 is 17.6 Å². The Morgan fingerprint density at radius 1 is 0.960 bits per heavy atom. The molecule has 132 valence electrons. The molecule has 2 rings (SSSR count). The molecule has 0 heterocycles. The number of anilines is 1. The maximum atomic E-state index is 12.3. The van der Waals surface area contributed by atoms with Gasteiger partial charge in [-0.25, -0.2) is 4.79 Å².